The Morgan fingerprint density at radius 1 is 1.78 bits per heavy atom. The summed E-state index contributed by atoms with van der Waals surface area (Å²) in [5.41, 5.74) is 4.39. The van der Waals surface area contributed by atoms with Crippen molar-refractivity contribution < 1.29 is 5.11 Å². The molecule has 2 nitrogen and oxygen atoms in total. The number of nitrogens with two attached hydrogens (primary N) is 1. The van der Waals surface area contributed by atoms with E-state index in [4.69, 9.17) is 5.73 Å². The topological polar surface area (TPSA) is 46.2 Å². The Morgan fingerprint density at radius 2 is 2.22 bits per heavy atom. The van der Waals surface area contributed by atoms with Crippen LogP contribution >= 0.6 is 0 Å². The monoisotopic (exact) mass is 129 g/mol. The highest BCUT2D eigenvalue weighted by Gasteiger charge is 2.22. The third-order valence-corrected chi connectivity index (χ3v) is 1.47. The molecule has 0 aromatic rings. The van der Waals surface area contributed by atoms with Gasteiger partial charge >= 0.3 is 0 Å². The molecule has 1 atom stereocenters. The smallest absolute Gasteiger partial charge is 0.119 e. The maximum absolute atomic E-state index is 9.30. The molecular formula is C7H15NO. The fraction of sp³-hybridized carbons (Fsp3) is 0.714. The van der Waals surface area contributed by atoms with E-state index in [1.165, 1.54) is 0 Å². The van der Waals surface area contributed by atoms with E-state index in [1.807, 2.05) is 13.8 Å². The first kappa shape index (κ1) is 8.66. The molecule has 0 aliphatic rings. The van der Waals surface area contributed by atoms with Gasteiger partial charge < -0.3 is 10.8 Å². The highest BCUT2D eigenvalue weighted by Crippen LogP contribution is 2.13. The van der Waals surface area contributed by atoms with Gasteiger partial charge in [0.15, 0.2) is 0 Å². The third kappa shape index (κ3) is 2.63. The van der Waals surface area contributed by atoms with Crippen LogP contribution in [0.4, 0.5) is 0 Å². The van der Waals surface area contributed by atoms with Gasteiger partial charge in [0.05, 0.1) is 0 Å². The van der Waals surface area contributed by atoms with E-state index in [1.54, 1.807) is 6.08 Å². The quantitative estimate of drug-likeness (QED) is 0.438. The van der Waals surface area contributed by atoms with E-state index < -0.39 is 5.72 Å². The summed E-state index contributed by atoms with van der Waals surface area (Å²) in [5.74, 6) is 0.0792. The predicted octanol–water partition coefficient (Wildman–Crippen LogP) is 0.866. The minimum absolute atomic E-state index is 0.0792. The van der Waals surface area contributed by atoms with Gasteiger partial charge in [-0.05, 0) is 5.92 Å². The molecule has 0 aromatic heterocycles. The Hall–Kier alpha value is -0.340. The lowest BCUT2D eigenvalue weighted by Crippen LogP contribution is -2.44. The normalized spacial score (nSPS) is 17.4. The molecule has 0 fully saturated rings. The van der Waals surface area contributed by atoms with Crippen LogP contribution in [0, 0.1) is 5.92 Å². The number of rotatable bonds is 3. The van der Waals surface area contributed by atoms with Gasteiger partial charge in [-0.3, -0.25) is 0 Å². The molecule has 0 radical (unpaired) electrons. The molecule has 0 rings (SSSR count). The summed E-state index contributed by atoms with van der Waals surface area (Å²) in [6.45, 7) is 7.25. The Balaban J connectivity index is 3.84. The molecule has 3 N–H and O–H groups in total. The highest BCUT2D eigenvalue weighted by atomic mass is 16.3. The zero-order chi connectivity index (χ0) is 7.49. The van der Waals surface area contributed by atoms with E-state index in [0.717, 1.165) is 0 Å². The van der Waals surface area contributed by atoms with Gasteiger partial charge in [-0.25, -0.2) is 0 Å². The average molecular weight is 129 g/mol. The Bertz CT molecular complexity index is 97.1. The molecule has 0 spiro atoms. The van der Waals surface area contributed by atoms with Gasteiger partial charge in [0, 0.05) is 6.42 Å². The summed E-state index contributed by atoms with van der Waals surface area (Å²) in [5, 5.41) is 9.30. The Morgan fingerprint density at radius 3 is 2.33 bits per heavy atom. The van der Waals surface area contributed by atoms with Crippen LogP contribution in [0.15, 0.2) is 12.7 Å². The molecular weight excluding hydrogens is 114 g/mol. The summed E-state index contributed by atoms with van der Waals surface area (Å²) in [4.78, 5) is 0. The summed E-state index contributed by atoms with van der Waals surface area (Å²) in [6, 6.07) is 0. The minimum Gasteiger partial charge on any atom is -0.376 e. The van der Waals surface area contributed by atoms with Crippen LogP contribution in [-0.2, 0) is 0 Å². The summed E-state index contributed by atoms with van der Waals surface area (Å²) < 4.78 is 0. The summed E-state index contributed by atoms with van der Waals surface area (Å²) in [6.07, 6.45) is 2.07. The second-order valence-electron chi connectivity index (χ2n) is 2.64. The van der Waals surface area contributed by atoms with Crippen molar-refractivity contribution in [3.8, 4) is 0 Å². The minimum atomic E-state index is -1.07. The molecule has 0 saturated carbocycles. The van der Waals surface area contributed by atoms with Crippen LogP contribution in [0.25, 0.3) is 0 Å². The molecule has 0 saturated heterocycles. The summed E-state index contributed by atoms with van der Waals surface area (Å²) in [7, 11) is 0. The van der Waals surface area contributed by atoms with Gasteiger partial charge in [0.2, 0.25) is 0 Å². The second kappa shape index (κ2) is 2.99. The highest BCUT2D eigenvalue weighted by molar-refractivity contribution is 4.83. The van der Waals surface area contributed by atoms with E-state index in [9.17, 15) is 5.11 Å². The zero-order valence-electron chi connectivity index (χ0n) is 6.09. The number of aliphatic hydroxyl groups is 1. The second-order valence-corrected chi connectivity index (χ2v) is 2.64. The standard InChI is InChI=1S/C7H15NO/c1-4-5-7(8,9)6(2)3/h4,6,9H,1,5,8H2,2-3H3. The molecule has 2 heteroatoms. The SMILES string of the molecule is C=CCC(N)(O)C(C)C. The fourth-order valence-corrected chi connectivity index (χ4v) is 0.467. The lowest BCUT2D eigenvalue weighted by atomic mass is 9.97. The molecule has 0 aliphatic heterocycles. The predicted molar refractivity (Wildman–Crippen MR) is 38.8 cm³/mol. The van der Waals surface area contributed by atoms with Gasteiger partial charge in [-0.15, -0.1) is 6.58 Å². The fourth-order valence-electron chi connectivity index (χ4n) is 0.467. The molecule has 0 aromatic carbocycles. The van der Waals surface area contributed by atoms with Crippen molar-refractivity contribution in [2.45, 2.75) is 26.0 Å². The average Bonchev–Trinajstić information content (AvgIpc) is 1.65. The van der Waals surface area contributed by atoms with Crippen molar-refractivity contribution in [1.29, 1.82) is 0 Å². The first-order valence-electron chi connectivity index (χ1n) is 3.13. The van der Waals surface area contributed by atoms with E-state index in [2.05, 4.69) is 6.58 Å². The summed E-state index contributed by atoms with van der Waals surface area (Å²) >= 11 is 0. The largest absolute Gasteiger partial charge is 0.376 e. The van der Waals surface area contributed by atoms with Crippen molar-refractivity contribution in [3.63, 3.8) is 0 Å². The molecule has 54 valence electrons. The Labute approximate surface area is 56.4 Å². The molecule has 1 unspecified atom stereocenters. The van der Waals surface area contributed by atoms with Crippen LogP contribution in [0.2, 0.25) is 0 Å². The van der Waals surface area contributed by atoms with E-state index in [-0.39, 0.29) is 5.92 Å². The first-order valence-corrected chi connectivity index (χ1v) is 3.13. The maximum atomic E-state index is 9.30. The van der Waals surface area contributed by atoms with Crippen LogP contribution in [0.3, 0.4) is 0 Å². The van der Waals surface area contributed by atoms with Gasteiger partial charge in [0.25, 0.3) is 0 Å². The number of hydrogen-bond donors (Lipinski definition) is 2. The van der Waals surface area contributed by atoms with Crippen LogP contribution in [0.5, 0.6) is 0 Å². The lowest BCUT2D eigenvalue weighted by molar-refractivity contribution is 0.00407. The van der Waals surface area contributed by atoms with Crippen molar-refractivity contribution in [2.75, 3.05) is 0 Å². The molecule has 0 aliphatic carbocycles. The van der Waals surface area contributed by atoms with E-state index in [0.29, 0.717) is 6.42 Å². The molecule has 0 amide bonds. The third-order valence-electron chi connectivity index (χ3n) is 1.47. The van der Waals surface area contributed by atoms with Crippen molar-refractivity contribution in [3.05, 3.63) is 12.7 Å². The van der Waals surface area contributed by atoms with Crippen LogP contribution in [-0.4, -0.2) is 10.8 Å². The lowest BCUT2D eigenvalue weighted by Gasteiger charge is -2.25. The molecule has 9 heavy (non-hydrogen) atoms. The van der Waals surface area contributed by atoms with Gasteiger partial charge in [0.1, 0.15) is 5.72 Å². The molecule has 0 heterocycles. The van der Waals surface area contributed by atoms with Gasteiger partial charge in [-0.1, -0.05) is 19.9 Å². The van der Waals surface area contributed by atoms with Gasteiger partial charge in [-0.2, -0.15) is 0 Å². The zero-order valence-corrected chi connectivity index (χ0v) is 6.09. The molecule has 0 bridgehead atoms. The van der Waals surface area contributed by atoms with Crippen molar-refractivity contribution >= 4 is 0 Å². The maximum Gasteiger partial charge on any atom is 0.119 e. The Kier molecular flexibility index (Phi) is 2.88. The van der Waals surface area contributed by atoms with Crippen molar-refractivity contribution in [1.82, 2.24) is 0 Å². The van der Waals surface area contributed by atoms with Crippen LogP contribution < -0.4 is 5.73 Å². The number of hydrogen-bond acceptors (Lipinski definition) is 2. The van der Waals surface area contributed by atoms with E-state index >= 15 is 0 Å². The first-order chi connectivity index (χ1) is 4.00. The van der Waals surface area contributed by atoms with Crippen molar-refractivity contribution in [2.24, 2.45) is 11.7 Å². The van der Waals surface area contributed by atoms with Crippen LogP contribution in [0.1, 0.15) is 20.3 Å².